The van der Waals surface area contributed by atoms with E-state index in [-0.39, 0.29) is 5.41 Å². The van der Waals surface area contributed by atoms with E-state index in [4.69, 9.17) is 0 Å². The summed E-state index contributed by atoms with van der Waals surface area (Å²) < 4.78 is 1.38. The van der Waals surface area contributed by atoms with E-state index in [0.717, 1.165) is 23.4 Å². The van der Waals surface area contributed by atoms with Crippen LogP contribution in [-0.2, 0) is 11.8 Å². The summed E-state index contributed by atoms with van der Waals surface area (Å²) in [4.78, 5) is 9.36. The van der Waals surface area contributed by atoms with Crippen molar-refractivity contribution in [2.45, 2.75) is 46.5 Å². The minimum atomic E-state index is 0.0435. The number of thiophene rings is 1. The Balaban J connectivity index is 1.64. The zero-order valence-corrected chi connectivity index (χ0v) is 20.8. The summed E-state index contributed by atoms with van der Waals surface area (Å²) >= 11 is 1.83. The highest BCUT2D eigenvalue weighted by Crippen LogP contribution is 2.38. The normalized spacial score (nSPS) is 12.2. The quantitative estimate of drug-likeness (QED) is 0.274. The van der Waals surface area contributed by atoms with E-state index in [0.29, 0.717) is 5.92 Å². The van der Waals surface area contributed by atoms with Crippen LogP contribution in [0.2, 0.25) is 0 Å². The average molecular weight is 451 g/mol. The lowest BCUT2D eigenvalue weighted by Crippen LogP contribution is -2.12. The molecule has 0 bridgehead atoms. The standard InChI is InChI=1S/C30H30N2S/c1-19(2)13-21-10-8-12-24-25(17-33-29(21)24)28-16-27(31-18-32-28)22-14-20-9-6-7-11-23(20)26(15-22)30(3,4)5/h6-12,14-19H,13H2,1-5H3. The Labute approximate surface area is 200 Å². The number of hydrogen-bond donors (Lipinski definition) is 0. The summed E-state index contributed by atoms with van der Waals surface area (Å²) in [6.45, 7) is 11.4. The largest absolute Gasteiger partial charge is 0.236 e. The molecule has 0 radical (unpaired) electrons. The predicted octanol–water partition coefficient (Wildman–Crippen LogP) is 8.67. The van der Waals surface area contributed by atoms with Crippen LogP contribution in [-0.4, -0.2) is 9.97 Å². The Bertz CT molecular complexity index is 1450. The van der Waals surface area contributed by atoms with Crippen molar-refractivity contribution in [3.8, 4) is 22.5 Å². The van der Waals surface area contributed by atoms with Crippen molar-refractivity contribution in [1.29, 1.82) is 0 Å². The molecule has 166 valence electrons. The van der Waals surface area contributed by atoms with Gasteiger partial charge in [0.05, 0.1) is 11.4 Å². The summed E-state index contributed by atoms with van der Waals surface area (Å²) in [5.41, 5.74) is 7.10. The van der Waals surface area contributed by atoms with Crippen LogP contribution >= 0.6 is 11.3 Å². The predicted molar refractivity (Wildman–Crippen MR) is 143 cm³/mol. The third kappa shape index (κ3) is 4.18. The molecule has 0 amide bonds. The fourth-order valence-electron chi connectivity index (χ4n) is 4.66. The first-order chi connectivity index (χ1) is 15.8. The first-order valence-electron chi connectivity index (χ1n) is 11.7. The molecule has 0 atom stereocenters. The zero-order valence-electron chi connectivity index (χ0n) is 20.0. The van der Waals surface area contributed by atoms with E-state index in [1.54, 1.807) is 6.33 Å². The second-order valence-corrected chi connectivity index (χ2v) is 11.2. The van der Waals surface area contributed by atoms with Gasteiger partial charge >= 0.3 is 0 Å². The van der Waals surface area contributed by atoms with Crippen molar-refractivity contribution in [3.63, 3.8) is 0 Å². The molecule has 0 N–H and O–H groups in total. The maximum absolute atomic E-state index is 4.68. The maximum Gasteiger partial charge on any atom is 0.116 e. The van der Waals surface area contributed by atoms with Crippen molar-refractivity contribution < 1.29 is 0 Å². The summed E-state index contributed by atoms with van der Waals surface area (Å²) in [5, 5.41) is 6.10. The third-order valence-corrected chi connectivity index (χ3v) is 7.29. The van der Waals surface area contributed by atoms with Crippen LogP contribution in [0.5, 0.6) is 0 Å². The molecular weight excluding hydrogens is 420 g/mol. The first-order valence-corrected chi connectivity index (χ1v) is 12.5. The van der Waals surface area contributed by atoms with Gasteiger partial charge in [-0.15, -0.1) is 11.3 Å². The number of benzene rings is 3. The number of nitrogens with zero attached hydrogens (tertiary/aromatic N) is 2. The van der Waals surface area contributed by atoms with Crippen molar-refractivity contribution in [3.05, 3.63) is 83.5 Å². The second-order valence-electron chi connectivity index (χ2n) is 10.3. The molecule has 3 heteroatoms. The van der Waals surface area contributed by atoms with Gasteiger partial charge in [-0.1, -0.05) is 77.1 Å². The van der Waals surface area contributed by atoms with Crippen LogP contribution in [0.4, 0.5) is 0 Å². The molecule has 0 aliphatic carbocycles. The molecule has 5 rings (SSSR count). The zero-order chi connectivity index (χ0) is 23.2. The number of rotatable bonds is 4. The summed E-state index contributed by atoms with van der Waals surface area (Å²) in [7, 11) is 0. The highest BCUT2D eigenvalue weighted by atomic mass is 32.1. The second kappa shape index (κ2) is 8.39. The number of hydrogen-bond acceptors (Lipinski definition) is 3. The minimum absolute atomic E-state index is 0.0435. The van der Waals surface area contributed by atoms with Crippen LogP contribution in [0.3, 0.4) is 0 Å². The molecule has 0 spiro atoms. The van der Waals surface area contributed by atoms with E-state index in [1.165, 1.54) is 37.5 Å². The molecule has 33 heavy (non-hydrogen) atoms. The summed E-state index contributed by atoms with van der Waals surface area (Å²) in [5.74, 6) is 0.636. The van der Waals surface area contributed by atoms with Crippen LogP contribution in [0.25, 0.3) is 43.4 Å². The van der Waals surface area contributed by atoms with E-state index in [2.05, 4.69) is 111 Å². The lowest BCUT2D eigenvalue weighted by atomic mass is 9.82. The molecule has 0 saturated carbocycles. The Morgan fingerprint density at radius 2 is 1.61 bits per heavy atom. The van der Waals surface area contributed by atoms with Gasteiger partial charge in [-0.2, -0.15) is 0 Å². The molecule has 2 heterocycles. The van der Waals surface area contributed by atoms with Crippen molar-refractivity contribution >= 4 is 32.2 Å². The van der Waals surface area contributed by atoms with Gasteiger partial charge in [-0.3, -0.25) is 0 Å². The highest BCUT2D eigenvalue weighted by molar-refractivity contribution is 7.18. The molecule has 0 aliphatic heterocycles. The summed E-state index contributed by atoms with van der Waals surface area (Å²) in [6.07, 6.45) is 2.80. The fraction of sp³-hybridized carbons (Fsp3) is 0.267. The Morgan fingerprint density at radius 1 is 0.848 bits per heavy atom. The SMILES string of the molecule is CC(C)Cc1cccc2c(-c3cc(-c4cc(C(C)(C)C)c5ccccc5c4)ncn3)csc12. The molecule has 0 saturated heterocycles. The Hall–Kier alpha value is -3.04. The first kappa shape index (κ1) is 21.8. The van der Waals surface area contributed by atoms with Gasteiger partial charge in [0.15, 0.2) is 0 Å². The van der Waals surface area contributed by atoms with Crippen LogP contribution < -0.4 is 0 Å². The topological polar surface area (TPSA) is 25.8 Å². The maximum atomic E-state index is 4.68. The van der Waals surface area contributed by atoms with Gasteiger partial charge in [0.1, 0.15) is 6.33 Å². The molecule has 2 aromatic heterocycles. The van der Waals surface area contributed by atoms with Crippen LogP contribution in [0.15, 0.2) is 72.4 Å². The molecule has 0 unspecified atom stereocenters. The van der Waals surface area contributed by atoms with Crippen LogP contribution in [0.1, 0.15) is 45.7 Å². The van der Waals surface area contributed by atoms with E-state index < -0.39 is 0 Å². The van der Waals surface area contributed by atoms with E-state index in [1.807, 2.05) is 11.3 Å². The fourth-order valence-corrected chi connectivity index (χ4v) is 5.75. The lowest BCUT2D eigenvalue weighted by molar-refractivity contribution is 0.596. The van der Waals surface area contributed by atoms with Gasteiger partial charge < -0.3 is 0 Å². The smallest absolute Gasteiger partial charge is 0.116 e. The molecule has 0 aliphatic rings. The van der Waals surface area contributed by atoms with Crippen molar-refractivity contribution in [2.75, 3.05) is 0 Å². The molecule has 3 aromatic carbocycles. The van der Waals surface area contributed by atoms with Crippen molar-refractivity contribution in [2.24, 2.45) is 5.92 Å². The van der Waals surface area contributed by atoms with Gasteiger partial charge in [0.25, 0.3) is 0 Å². The number of fused-ring (bicyclic) bond motifs is 2. The molecular formula is C30H30N2S. The van der Waals surface area contributed by atoms with E-state index in [9.17, 15) is 0 Å². The van der Waals surface area contributed by atoms with Crippen LogP contribution in [0, 0.1) is 5.92 Å². The highest BCUT2D eigenvalue weighted by Gasteiger charge is 2.19. The van der Waals surface area contributed by atoms with Gasteiger partial charge in [-0.05, 0) is 57.9 Å². The Morgan fingerprint density at radius 3 is 2.39 bits per heavy atom. The number of aromatic nitrogens is 2. The monoisotopic (exact) mass is 450 g/mol. The van der Waals surface area contributed by atoms with Gasteiger partial charge in [-0.25, -0.2) is 9.97 Å². The van der Waals surface area contributed by atoms with Crippen molar-refractivity contribution in [1.82, 2.24) is 9.97 Å². The van der Waals surface area contributed by atoms with E-state index >= 15 is 0 Å². The Kier molecular flexibility index (Phi) is 5.54. The summed E-state index contributed by atoms with van der Waals surface area (Å²) in [6, 6.07) is 22.0. The minimum Gasteiger partial charge on any atom is -0.236 e. The molecule has 5 aromatic rings. The average Bonchev–Trinajstić information content (AvgIpc) is 3.23. The van der Waals surface area contributed by atoms with Gasteiger partial charge in [0.2, 0.25) is 0 Å². The third-order valence-electron chi connectivity index (χ3n) is 6.22. The molecule has 0 fully saturated rings. The molecule has 2 nitrogen and oxygen atoms in total. The lowest BCUT2D eigenvalue weighted by Gasteiger charge is -2.22. The van der Waals surface area contributed by atoms with Gasteiger partial charge in [0, 0.05) is 26.6 Å².